The van der Waals surface area contributed by atoms with Gasteiger partial charge in [-0.05, 0) is 18.1 Å². The molecule has 22 heavy (non-hydrogen) atoms. The smallest absolute Gasteiger partial charge is 0.193 e. The topological polar surface area (TPSA) is 59.6 Å². The van der Waals surface area contributed by atoms with Crippen LogP contribution in [0.2, 0.25) is 0 Å². The summed E-state index contributed by atoms with van der Waals surface area (Å²) in [6.07, 6.45) is 0.878. The monoisotopic (exact) mass is 411 g/mol. The number of anilines is 1. The summed E-state index contributed by atoms with van der Waals surface area (Å²) in [5.41, 5.74) is 9.18. The molecule has 0 bridgehead atoms. The van der Waals surface area contributed by atoms with Gasteiger partial charge in [-0.25, -0.2) is 0 Å². The van der Waals surface area contributed by atoms with Crippen LogP contribution in [0.3, 0.4) is 0 Å². The Kier molecular flexibility index (Phi) is 8.54. The van der Waals surface area contributed by atoms with Gasteiger partial charge in [-0.1, -0.05) is 48.5 Å². The minimum Gasteiger partial charge on any atom is -0.380 e. The molecule has 5 heteroatoms. The maximum absolute atomic E-state index is 5.93. The highest BCUT2D eigenvalue weighted by molar-refractivity contribution is 14.0. The fourth-order valence-electron chi connectivity index (χ4n) is 2.05. The number of nitrogens with zero attached hydrogens (tertiary/aromatic N) is 1. The van der Waals surface area contributed by atoms with Gasteiger partial charge in [0.15, 0.2) is 5.96 Å². The summed E-state index contributed by atoms with van der Waals surface area (Å²) < 4.78 is 5.17. The normalized spacial score (nSPS) is 10.9. The lowest BCUT2D eigenvalue weighted by Gasteiger charge is -2.10. The van der Waals surface area contributed by atoms with Gasteiger partial charge in [0.05, 0.1) is 6.61 Å². The van der Waals surface area contributed by atoms with Crippen molar-refractivity contribution in [2.75, 3.05) is 19.0 Å². The highest BCUT2D eigenvalue weighted by atomic mass is 127. The molecule has 3 N–H and O–H groups in total. The van der Waals surface area contributed by atoms with E-state index in [1.54, 1.807) is 7.11 Å². The second-order valence-electron chi connectivity index (χ2n) is 4.72. The van der Waals surface area contributed by atoms with E-state index in [0.717, 1.165) is 17.7 Å². The van der Waals surface area contributed by atoms with Gasteiger partial charge >= 0.3 is 0 Å². The van der Waals surface area contributed by atoms with E-state index in [2.05, 4.69) is 22.4 Å². The van der Waals surface area contributed by atoms with E-state index in [4.69, 9.17) is 10.5 Å². The van der Waals surface area contributed by atoms with Gasteiger partial charge in [-0.3, -0.25) is 4.99 Å². The molecule has 0 aliphatic carbocycles. The SMILES string of the molecule is COCc1ccccc1NC(N)=NCCc1ccccc1.I. The molecule has 0 saturated heterocycles. The molecule has 0 atom stereocenters. The molecule has 2 rings (SSSR count). The number of aliphatic imine (C=N–C) groups is 1. The molecule has 0 heterocycles. The predicted molar refractivity (Wildman–Crippen MR) is 103 cm³/mol. The Morgan fingerprint density at radius 3 is 2.50 bits per heavy atom. The van der Waals surface area contributed by atoms with Crippen molar-refractivity contribution in [3.8, 4) is 0 Å². The van der Waals surface area contributed by atoms with Crippen molar-refractivity contribution in [1.29, 1.82) is 0 Å². The molecule has 0 saturated carbocycles. The third-order valence-electron chi connectivity index (χ3n) is 3.11. The first-order valence-corrected chi connectivity index (χ1v) is 6.97. The van der Waals surface area contributed by atoms with Gasteiger partial charge in [0.1, 0.15) is 0 Å². The maximum atomic E-state index is 5.93. The highest BCUT2D eigenvalue weighted by Gasteiger charge is 2.02. The summed E-state index contributed by atoms with van der Waals surface area (Å²) in [6.45, 7) is 1.20. The average Bonchev–Trinajstić information content (AvgIpc) is 2.50. The van der Waals surface area contributed by atoms with Crippen LogP contribution in [0.25, 0.3) is 0 Å². The number of nitrogens with one attached hydrogen (secondary N) is 1. The largest absolute Gasteiger partial charge is 0.380 e. The summed E-state index contributed by atoms with van der Waals surface area (Å²) in [7, 11) is 1.67. The zero-order valence-electron chi connectivity index (χ0n) is 12.7. The van der Waals surface area contributed by atoms with Crippen molar-refractivity contribution in [2.24, 2.45) is 10.7 Å². The number of nitrogens with two attached hydrogens (primary N) is 1. The first-order chi connectivity index (χ1) is 10.3. The fourth-order valence-corrected chi connectivity index (χ4v) is 2.05. The van der Waals surface area contributed by atoms with Crippen LogP contribution in [-0.2, 0) is 17.8 Å². The van der Waals surface area contributed by atoms with E-state index < -0.39 is 0 Å². The van der Waals surface area contributed by atoms with Crippen molar-refractivity contribution < 1.29 is 4.74 Å². The van der Waals surface area contributed by atoms with Crippen LogP contribution in [-0.4, -0.2) is 19.6 Å². The van der Waals surface area contributed by atoms with E-state index >= 15 is 0 Å². The molecule has 0 radical (unpaired) electrons. The first kappa shape index (κ1) is 18.4. The van der Waals surface area contributed by atoms with Gasteiger partial charge in [0.25, 0.3) is 0 Å². The summed E-state index contributed by atoms with van der Waals surface area (Å²) in [5, 5.41) is 3.13. The predicted octanol–water partition coefficient (Wildman–Crippen LogP) is 3.42. The Morgan fingerprint density at radius 1 is 1.09 bits per heavy atom. The van der Waals surface area contributed by atoms with Gasteiger partial charge in [0.2, 0.25) is 0 Å². The number of rotatable bonds is 6. The van der Waals surface area contributed by atoms with E-state index in [1.165, 1.54) is 5.56 Å². The first-order valence-electron chi connectivity index (χ1n) is 6.97. The van der Waals surface area contributed by atoms with Crippen molar-refractivity contribution in [3.05, 3.63) is 65.7 Å². The molecule has 0 aliphatic heterocycles. The van der Waals surface area contributed by atoms with Crippen LogP contribution in [0.5, 0.6) is 0 Å². The minimum atomic E-state index is 0. The number of hydrogen-bond acceptors (Lipinski definition) is 2. The Morgan fingerprint density at radius 2 is 1.77 bits per heavy atom. The van der Waals surface area contributed by atoms with Crippen molar-refractivity contribution in [2.45, 2.75) is 13.0 Å². The second-order valence-corrected chi connectivity index (χ2v) is 4.72. The molecule has 4 nitrogen and oxygen atoms in total. The number of guanidine groups is 1. The van der Waals surface area contributed by atoms with Gasteiger partial charge < -0.3 is 15.8 Å². The van der Waals surface area contributed by atoms with Crippen LogP contribution in [0.15, 0.2) is 59.6 Å². The Bertz CT molecular complexity index is 587. The van der Waals surface area contributed by atoms with Crippen LogP contribution in [0.4, 0.5) is 5.69 Å². The van der Waals surface area contributed by atoms with E-state index in [0.29, 0.717) is 19.1 Å². The maximum Gasteiger partial charge on any atom is 0.193 e. The van der Waals surface area contributed by atoms with E-state index in [1.807, 2.05) is 42.5 Å². The number of methoxy groups -OCH3 is 1. The van der Waals surface area contributed by atoms with E-state index in [-0.39, 0.29) is 24.0 Å². The molecule has 0 aliphatic rings. The molecule has 0 unspecified atom stereocenters. The highest BCUT2D eigenvalue weighted by Crippen LogP contribution is 2.15. The lowest BCUT2D eigenvalue weighted by Crippen LogP contribution is -2.23. The van der Waals surface area contributed by atoms with Crippen LogP contribution < -0.4 is 11.1 Å². The summed E-state index contributed by atoms with van der Waals surface area (Å²) >= 11 is 0. The zero-order chi connectivity index (χ0) is 14.9. The molecule has 2 aromatic carbocycles. The Labute approximate surface area is 148 Å². The molecule has 118 valence electrons. The molecule has 0 amide bonds. The van der Waals surface area contributed by atoms with Crippen molar-refractivity contribution >= 4 is 35.6 Å². The third kappa shape index (κ3) is 6.03. The summed E-state index contributed by atoms with van der Waals surface area (Å²) in [5.74, 6) is 0.425. The molecular weight excluding hydrogens is 389 g/mol. The van der Waals surface area contributed by atoms with Gasteiger partial charge in [-0.15, -0.1) is 24.0 Å². The van der Waals surface area contributed by atoms with Crippen LogP contribution in [0.1, 0.15) is 11.1 Å². The van der Waals surface area contributed by atoms with Gasteiger partial charge in [0, 0.05) is 24.9 Å². The average molecular weight is 411 g/mol. The van der Waals surface area contributed by atoms with Crippen LogP contribution >= 0.6 is 24.0 Å². The second kappa shape index (κ2) is 10.2. The van der Waals surface area contributed by atoms with E-state index in [9.17, 15) is 0 Å². The number of para-hydroxylation sites is 1. The van der Waals surface area contributed by atoms with Crippen LogP contribution in [0, 0.1) is 0 Å². The standard InChI is InChI=1S/C17H21N3O.HI/c1-21-13-15-9-5-6-10-16(15)20-17(18)19-12-11-14-7-3-2-4-8-14;/h2-10H,11-13H2,1H3,(H3,18,19,20);1H. The fraction of sp³-hybridized carbons (Fsp3) is 0.235. The number of hydrogen-bond donors (Lipinski definition) is 2. The number of ether oxygens (including phenoxy) is 1. The minimum absolute atomic E-state index is 0. The number of benzene rings is 2. The van der Waals surface area contributed by atoms with Gasteiger partial charge in [-0.2, -0.15) is 0 Å². The molecule has 2 aromatic rings. The van der Waals surface area contributed by atoms with Crippen molar-refractivity contribution in [1.82, 2.24) is 0 Å². The summed E-state index contributed by atoms with van der Waals surface area (Å²) in [6, 6.07) is 18.1. The lowest BCUT2D eigenvalue weighted by atomic mass is 10.2. The number of halogens is 1. The third-order valence-corrected chi connectivity index (χ3v) is 3.11. The Hall–Kier alpha value is -1.60. The molecule has 0 spiro atoms. The Balaban J connectivity index is 0.00000242. The molecule has 0 fully saturated rings. The van der Waals surface area contributed by atoms with Crippen molar-refractivity contribution in [3.63, 3.8) is 0 Å². The quantitative estimate of drug-likeness (QED) is 0.435. The summed E-state index contributed by atoms with van der Waals surface area (Å²) in [4.78, 5) is 4.36. The molecule has 0 aromatic heterocycles. The lowest BCUT2D eigenvalue weighted by molar-refractivity contribution is 0.185. The zero-order valence-corrected chi connectivity index (χ0v) is 15.0. The molecular formula is C17H22IN3O.